The van der Waals surface area contributed by atoms with Crippen molar-refractivity contribution in [1.82, 2.24) is 9.80 Å². The maximum absolute atomic E-state index is 13.3. The number of rotatable bonds is 6. The Morgan fingerprint density at radius 3 is 2.06 bits per heavy atom. The number of piperazine rings is 1. The van der Waals surface area contributed by atoms with E-state index in [-0.39, 0.29) is 23.6 Å². The highest BCUT2D eigenvalue weighted by molar-refractivity contribution is 6.05. The summed E-state index contributed by atoms with van der Waals surface area (Å²) in [4.78, 5) is 43.9. The molecule has 0 spiro atoms. The van der Waals surface area contributed by atoms with Crippen molar-refractivity contribution in [2.75, 3.05) is 52.3 Å². The van der Waals surface area contributed by atoms with Crippen molar-refractivity contribution < 1.29 is 23.9 Å². The van der Waals surface area contributed by atoms with Gasteiger partial charge in [0, 0.05) is 44.7 Å². The Morgan fingerprint density at radius 1 is 0.848 bits per heavy atom. The summed E-state index contributed by atoms with van der Waals surface area (Å²) in [7, 11) is 4.81. The smallest absolute Gasteiger partial charge is 0.256 e. The summed E-state index contributed by atoms with van der Waals surface area (Å²) in [6.07, 6.45) is 1.82. The van der Waals surface area contributed by atoms with E-state index in [4.69, 9.17) is 9.47 Å². The number of benzene rings is 2. The van der Waals surface area contributed by atoms with Crippen LogP contribution in [0.5, 0.6) is 11.5 Å². The minimum absolute atomic E-state index is 0.0561. The molecule has 1 saturated carbocycles. The Balaban J connectivity index is 1.43. The zero-order valence-electron chi connectivity index (χ0n) is 19.2. The van der Waals surface area contributed by atoms with Crippen LogP contribution >= 0.6 is 0 Å². The standard InChI is InChI=1S/C25H29N3O5/c1-26(23(29)17-8-9-17)20-7-5-4-6-19(20)25(31)28-14-12-27(13-15-28)24(30)18-10-11-21(32-2)22(16-18)33-3/h4-7,10-11,16-17H,8-9,12-15H2,1-3H3. The van der Waals surface area contributed by atoms with Crippen molar-refractivity contribution in [3.63, 3.8) is 0 Å². The first-order valence-corrected chi connectivity index (χ1v) is 11.1. The number of amides is 3. The minimum Gasteiger partial charge on any atom is -0.493 e. The number of ether oxygens (including phenoxy) is 2. The highest BCUT2D eigenvalue weighted by Crippen LogP contribution is 2.33. The van der Waals surface area contributed by atoms with Crippen molar-refractivity contribution in [3.8, 4) is 11.5 Å². The lowest BCUT2D eigenvalue weighted by Gasteiger charge is -2.35. The van der Waals surface area contributed by atoms with Crippen LogP contribution < -0.4 is 14.4 Å². The van der Waals surface area contributed by atoms with Crippen LogP contribution in [-0.4, -0.2) is 75.0 Å². The van der Waals surface area contributed by atoms with Gasteiger partial charge in [0.25, 0.3) is 11.8 Å². The molecule has 2 aliphatic rings. The van der Waals surface area contributed by atoms with Crippen LogP contribution in [0.3, 0.4) is 0 Å². The van der Waals surface area contributed by atoms with Crippen LogP contribution in [0.25, 0.3) is 0 Å². The molecule has 1 saturated heterocycles. The fraction of sp³-hybridized carbons (Fsp3) is 0.400. The molecule has 0 aromatic heterocycles. The second kappa shape index (κ2) is 9.52. The highest BCUT2D eigenvalue weighted by atomic mass is 16.5. The third kappa shape index (κ3) is 4.65. The molecule has 8 heteroatoms. The molecule has 4 rings (SSSR count). The molecule has 2 aromatic carbocycles. The van der Waals surface area contributed by atoms with Crippen molar-refractivity contribution in [2.45, 2.75) is 12.8 Å². The van der Waals surface area contributed by atoms with E-state index in [9.17, 15) is 14.4 Å². The molecule has 0 atom stereocenters. The SMILES string of the molecule is COc1ccc(C(=O)N2CCN(C(=O)c3ccccc3N(C)C(=O)C3CC3)CC2)cc1OC. The number of methoxy groups -OCH3 is 2. The first-order chi connectivity index (χ1) is 15.9. The van der Waals surface area contributed by atoms with E-state index in [1.807, 2.05) is 18.2 Å². The summed E-state index contributed by atoms with van der Waals surface area (Å²) >= 11 is 0. The fourth-order valence-corrected chi connectivity index (χ4v) is 4.10. The summed E-state index contributed by atoms with van der Waals surface area (Å²) in [6.45, 7) is 1.70. The van der Waals surface area contributed by atoms with E-state index in [1.165, 1.54) is 7.11 Å². The van der Waals surface area contributed by atoms with Crippen molar-refractivity contribution >= 4 is 23.4 Å². The van der Waals surface area contributed by atoms with Crippen LogP contribution in [-0.2, 0) is 4.79 Å². The lowest BCUT2D eigenvalue weighted by Crippen LogP contribution is -2.50. The molecule has 174 valence electrons. The first-order valence-electron chi connectivity index (χ1n) is 11.1. The summed E-state index contributed by atoms with van der Waals surface area (Å²) in [5.41, 5.74) is 1.65. The van der Waals surface area contributed by atoms with Gasteiger partial charge in [-0.15, -0.1) is 0 Å². The van der Waals surface area contributed by atoms with Crippen molar-refractivity contribution in [3.05, 3.63) is 53.6 Å². The molecule has 33 heavy (non-hydrogen) atoms. The van der Waals surface area contributed by atoms with Crippen molar-refractivity contribution in [1.29, 1.82) is 0 Å². The first kappa shape index (κ1) is 22.6. The number of carbonyl (C=O) groups is 3. The van der Waals surface area contributed by atoms with E-state index in [0.29, 0.717) is 54.5 Å². The Morgan fingerprint density at radius 2 is 1.45 bits per heavy atom. The second-order valence-electron chi connectivity index (χ2n) is 8.34. The predicted octanol–water partition coefficient (Wildman–Crippen LogP) is 2.67. The average Bonchev–Trinajstić information content (AvgIpc) is 3.72. The van der Waals surface area contributed by atoms with Crippen LogP contribution in [0, 0.1) is 5.92 Å². The molecule has 8 nitrogen and oxygen atoms in total. The van der Waals surface area contributed by atoms with Crippen LogP contribution in [0.2, 0.25) is 0 Å². The topological polar surface area (TPSA) is 79.4 Å². The molecule has 2 fully saturated rings. The van der Waals surface area contributed by atoms with E-state index < -0.39 is 0 Å². The van der Waals surface area contributed by atoms with Gasteiger partial charge in [0.15, 0.2) is 11.5 Å². The molecule has 2 aromatic rings. The van der Waals surface area contributed by atoms with Gasteiger partial charge in [-0.25, -0.2) is 0 Å². The normalized spacial score (nSPS) is 15.7. The van der Waals surface area contributed by atoms with E-state index in [0.717, 1.165) is 12.8 Å². The number of para-hydroxylation sites is 1. The summed E-state index contributed by atoms with van der Waals surface area (Å²) in [5, 5.41) is 0. The van der Waals surface area contributed by atoms with Gasteiger partial charge in [-0.05, 0) is 43.2 Å². The van der Waals surface area contributed by atoms with Gasteiger partial charge in [0.05, 0.1) is 25.5 Å². The molecule has 0 radical (unpaired) electrons. The van der Waals surface area contributed by atoms with Crippen molar-refractivity contribution in [2.24, 2.45) is 5.92 Å². The van der Waals surface area contributed by atoms with Crippen LogP contribution in [0.1, 0.15) is 33.6 Å². The zero-order valence-corrected chi connectivity index (χ0v) is 19.2. The lowest BCUT2D eigenvalue weighted by molar-refractivity contribution is -0.119. The maximum atomic E-state index is 13.3. The van der Waals surface area contributed by atoms with Gasteiger partial charge in [-0.2, -0.15) is 0 Å². The molecular formula is C25H29N3O5. The minimum atomic E-state index is -0.126. The van der Waals surface area contributed by atoms with Crippen LogP contribution in [0.15, 0.2) is 42.5 Å². The highest BCUT2D eigenvalue weighted by Gasteiger charge is 2.34. The zero-order chi connectivity index (χ0) is 23.5. The van der Waals surface area contributed by atoms with Gasteiger partial charge < -0.3 is 24.2 Å². The van der Waals surface area contributed by atoms with Gasteiger partial charge >= 0.3 is 0 Å². The largest absolute Gasteiger partial charge is 0.493 e. The van der Waals surface area contributed by atoms with Crippen LogP contribution in [0.4, 0.5) is 5.69 Å². The fourth-order valence-electron chi connectivity index (χ4n) is 4.10. The lowest BCUT2D eigenvalue weighted by atomic mass is 10.1. The summed E-state index contributed by atoms with van der Waals surface area (Å²) in [5.74, 6) is 0.953. The maximum Gasteiger partial charge on any atom is 0.256 e. The van der Waals surface area contributed by atoms with E-state index in [1.54, 1.807) is 53.1 Å². The van der Waals surface area contributed by atoms with Gasteiger partial charge in [0.1, 0.15) is 0 Å². The Hall–Kier alpha value is -3.55. The summed E-state index contributed by atoms with van der Waals surface area (Å²) in [6, 6.07) is 12.3. The summed E-state index contributed by atoms with van der Waals surface area (Å²) < 4.78 is 10.5. The number of hydrogen-bond acceptors (Lipinski definition) is 5. The molecule has 1 aliphatic carbocycles. The average molecular weight is 452 g/mol. The molecular weight excluding hydrogens is 422 g/mol. The predicted molar refractivity (Wildman–Crippen MR) is 124 cm³/mol. The molecule has 0 unspecified atom stereocenters. The Labute approximate surface area is 193 Å². The number of hydrogen-bond donors (Lipinski definition) is 0. The Kier molecular flexibility index (Phi) is 6.53. The molecule has 1 heterocycles. The number of nitrogens with zero attached hydrogens (tertiary/aromatic N) is 3. The van der Waals surface area contributed by atoms with Gasteiger partial charge in [0.2, 0.25) is 5.91 Å². The quantitative estimate of drug-likeness (QED) is 0.675. The molecule has 1 aliphatic heterocycles. The third-order valence-corrected chi connectivity index (χ3v) is 6.24. The van der Waals surface area contributed by atoms with E-state index >= 15 is 0 Å². The Bertz CT molecular complexity index is 1060. The molecule has 0 bridgehead atoms. The monoisotopic (exact) mass is 451 g/mol. The molecule has 3 amide bonds. The number of carbonyl (C=O) groups excluding carboxylic acids is 3. The second-order valence-corrected chi connectivity index (χ2v) is 8.34. The van der Waals surface area contributed by atoms with Gasteiger partial charge in [-0.3, -0.25) is 14.4 Å². The number of anilines is 1. The molecule has 0 N–H and O–H groups in total. The van der Waals surface area contributed by atoms with Gasteiger partial charge in [-0.1, -0.05) is 12.1 Å². The third-order valence-electron chi connectivity index (χ3n) is 6.24. The van der Waals surface area contributed by atoms with E-state index in [2.05, 4.69) is 0 Å².